The van der Waals surface area contributed by atoms with Crippen LogP contribution in [0.1, 0.15) is 57.8 Å². The molecule has 0 aromatic heterocycles. The fourth-order valence-corrected chi connectivity index (χ4v) is 3.79. The summed E-state index contributed by atoms with van der Waals surface area (Å²) in [4.78, 5) is 2.79. The normalized spacial score (nSPS) is 30.6. The number of piperidine rings is 1. The Morgan fingerprint density at radius 1 is 0.938 bits per heavy atom. The highest BCUT2D eigenvalue weighted by molar-refractivity contribution is 6.17. The quantitative estimate of drug-likeness (QED) is 0.503. The minimum atomic E-state index is 0.842. The molecule has 0 aromatic rings. The summed E-state index contributed by atoms with van der Waals surface area (Å²) in [6.45, 7) is 2.72. The number of hydrogen-bond acceptors (Lipinski definition) is 1. The van der Waals surface area contributed by atoms with Crippen LogP contribution in [0.2, 0.25) is 0 Å². The predicted octanol–water partition coefficient (Wildman–Crippen LogP) is 4.05. The molecule has 16 heavy (non-hydrogen) atoms. The lowest BCUT2D eigenvalue weighted by atomic mass is 9.92. The molecule has 1 heterocycles. The van der Waals surface area contributed by atoms with Gasteiger partial charge in [-0.3, -0.25) is 0 Å². The van der Waals surface area contributed by atoms with Crippen LogP contribution in [0.4, 0.5) is 0 Å². The van der Waals surface area contributed by atoms with Gasteiger partial charge in [0.05, 0.1) is 0 Å². The minimum Gasteiger partial charge on any atom is -0.300 e. The number of likely N-dealkylation sites (tertiary alicyclic amines) is 1. The van der Waals surface area contributed by atoms with Crippen molar-refractivity contribution in [1.82, 2.24) is 4.90 Å². The lowest BCUT2D eigenvalue weighted by molar-refractivity contribution is 0.111. The van der Waals surface area contributed by atoms with Crippen molar-refractivity contribution in [3.63, 3.8) is 0 Å². The van der Waals surface area contributed by atoms with Crippen LogP contribution in [-0.2, 0) is 0 Å². The number of hydrogen-bond donors (Lipinski definition) is 0. The van der Waals surface area contributed by atoms with E-state index in [4.69, 9.17) is 11.6 Å². The van der Waals surface area contributed by atoms with E-state index in [2.05, 4.69) is 4.90 Å². The van der Waals surface area contributed by atoms with Crippen molar-refractivity contribution in [3.05, 3.63) is 0 Å². The Hall–Kier alpha value is 0.250. The summed E-state index contributed by atoms with van der Waals surface area (Å²) in [7, 11) is 0. The first-order valence-corrected chi connectivity index (χ1v) is 7.75. The SMILES string of the molecule is ClCCCCCCN1CCCC2CCCC21. The highest BCUT2D eigenvalue weighted by atomic mass is 35.5. The lowest BCUT2D eigenvalue weighted by Crippen LogP contribution is -2.42. The molecular formula is C14H26ClN. The fourth-order valence-electron chi connectivity index (χ4n) is 3.60. The van der Waals surface area contributed by atoms with Gasteiger partial charge >= 0.3 is 0 Å². The molecule has 2 unspecified atom stereocenters. The molecule has 2 atom stereocenters. The highest BCUT2D eigenvalue weighted by Crippen LogP contribution is 2.36. The van der Waals surface area contributed by atoms with Crippen molar-refractivity contribution >= 4 is 11.6 Å². The van der Waals surface area contributed by atoms with Gasteiger partial charge < -0.3 is 4.90 Å². The van der Waals surface area contributed by atoms with E-state index in [1.807, 2.05) is 0 Å². The third-order valence-electron chi connectivity index (χ3n) is 4.44. The van der Waals surface area contributed by atoms with E-state index >= 15 is 0 Å². The molecule has 0 bridgehead atoms. The molecule has 94 valence electrons. The van der Waals surface area contributed by atoms with E-state index < -0.39 is 0 Å². The monoisotopic (exact) mass is 243 g/mol. The molecule has 0 amide bonds. The second-order valence-corrected chi connectivity index (χ2v) is 5.92. The van der Waals surface area contributed by atoms with E-state index in [9.17, 15) is 0 Å². The largest absolute Gasteiger partial charge is 0.300 e. The van der Waals surface area contributed by atoms with Crippen LogP contribution in [0.5, 0.6) is 0 Å². The third kappa shape index (κ3) is 3.37. The molecule has 0 N–H and O–H groups in total. The van der Waals surface area contributed by atoms with Crippen LogP contribution in [0.3, 0.4) is 0 Å². The molecule has 1 nitrogen and oxygen atoms in total. The van der Waals surface area contributed by atoms with Crippen LogP contribution in [-0.4, -0.2) is 29.9 Å². The topological polar surface area (TPSA) is 3.24 Å². The molecule has 0 radical (unpaired) electrons. The van der Waals surface area contributed by atoms with Gasteiger partial charge in [0.25, 0.3) is 0 Å². The molecule has 0 spiro atoms. The molecule has 1 aliphatic carbocycles. The Labute approximate surface area is 106 Å². The number of alkyl halides is 1. The maximum absolute atomic E-state index is 5.69. The van der Waals surface area contributed by atoms with Crippen LogP contribution < -0.4 is 0 Å². The first-order chi connectivity index (χ1) is 7.92. The lowest BCUT2D eigenvalue weighted by Gasteiger charge is -2.37. The van der Waals surface area contributed by atoms with Crippen molar-refractivity contribution in [2.75, 3.05) is 19.0 Å². The predicted molar refractivity (Wildman–Crippen MR) is 71.1 cm³/mol. The van der Waals surface area contributed by atoms with Gasteiger partial charge in [-0.05, 0) is 57.5 Å². The van der Waals surface area contributed by atoms with Gasteiger partial charge in [-0.1, -0.05) is 19.3 Å². The van der Waals surface area contributed by atoms with E-state index in [1.165, 1.54) is 70.9 Å². The number of unbranched alkanes of at least 4 members (excludes halogenated alkanes) is 3. The van der Waals surface area contributed by atoms with E-state index in [-0.39, 0.29) is 0 Å². The summed E-state index contributed by atoms with van der Waals surface area (Å²) in [6.07, 6.45) is 12.7. The summed E-state index contributed by atoms with van der Waals surface area (Å²) in [5.41, 5.74) is 0. The Kier molecular flexibility index (Phi) is 5.44. The Bertz CT molecular complexity index is 195. The van der Waals surface area contributed by atoms with E-state index in [1.54, 1.807) is 0 Å². The standard InChI is InChI=1S/C14H26ClN/c15-10-3-1-2-4-11-16-12-6-8-13-7-5-9-14(13)16/h13-14H,1-12H2. The summed E-state index contributed by atoms with van der Waals surface area (Å²) in [6, 6.07) is 0.960. The van der Waals surface area contributed by atoms with Crippen molar-refractivity contribution in [1.29, 1.82) is 0 Å². The molecule has 2 rings (SSSR count). The van der Waals surface area contributed by atoms with E-state index in [0.717, 1.165) is 17.8 Å². The first-order valence-electron chi connectivity index (χ1n) is 7.22. The van der Waals surface area contributed by atoms with Gasteiger partial charge in [-0.15, -0.1) is 11.6 Å². The molecule has 1 saturated heterocycles. The van der Waals surface area contributed by atoms with Crippen LogP contribution in [0.25, 0.3) is 0 Å². The minimum absolute atomic E-state index is 0.842. The van der Waals surface area contributed by atoms with Gasteiger partial charge in [0.1, 0.15) is 0 Å². The van der Waals surface area contributed by atoms with Crippen molar-refractivity contribution in [3.8, 4) is 0 Å². The van der Waals surface area contributed by atoms with Crippen molar-refractivity contribution in [2.45, 2.75) is 63.8 Å². The molecule has 1 aliphatic heterocycles. The van der Waals surface area contributed by atoms with Gasteiger partial charge in [0.15, 0.2) is 0 Å². The summed E-state index contributed by atoms with van der Waals surface area (Å²) < 4.78 is 0. The molecule has 0 aromatic carbocycles. The Morgan fingerprint density at radius 3 is 2.62 bits per heavy atom. The molecule has 2 heteroatoms. The summed E-state index contributed by atoms with van der Waals surface area (Å²) in [5.74, 6) is 1.89. The van der Waals surface area contributed by atoms with E-state index in [0.29, 0.717) is 0 Å². The fraction of sp³-hybridized carbons (Fsp3) is 1.00. The highest BCUT2D eigenvalue weighted by Gasteiger charge is 2.34. The van der Waals surface area contributed by atoms with Crippen LogP contribution in [0, 0.1) is 5.92 Å². The summed E-state index contributed by atoms with van der Waals surface area (Å²) in [5, 5.41) is 0. The Balaban J connectivity index is 1.64. The molecule has 1 saturated carbocycles. The second kappa shape index (κ2) is 6.86. The number of halogens is 1. The first kappa shape index (κ1) is 12.7. The van der Waals surface area contributed by atoms with Crippen LogP contribution >= 0.6 is 11.6 Å². The van der Waals surface area contributed by atoms with Crippen molar-refractivity contribution in [2.24, 2.45) is 5.92 Å². The average molecular weight is 244 g/mol. The molecule has 2 aliphatic rings. The smallest absolute Gasteiger partial charge is 0.0223 e. The van der Waals surface area contributed by atoms with Gasteiger partial charge in [0.2, 0.25) is 0 Å². The zero-order valence-corrected chi connectivity index (χ0v) is 11.2. The van der Waals surface area contributed by atoms with Crippen LogP contribution in [0.15, 0.2) is 0 Å². The maximum atomic E-state index is 5.69. The molecular weight excluding hydrogens is 218 g/mol. The van der Waals surface area contributed by atoms with Gasteiger partial charge in [-0.25, -0.2) is 0 Å². The molecule has 2 fully saturated rings. The number of fused-ring (bicyclic) bond motifs is 1. The van der Waals surface area contributed by atoms with Crippen molar-refractivity contribution < 1.29 is 0 Å². The zero-order valence-electron chi connectivity index (χ0n) is 10.5. The Morgan fingerprint density at radius 2 is 1.75 bits per heavy atom. The summed E-state index contributed by atoms with van der Waals surface area (Å²) >= 11 is 5.69. The second-order valence-electron chi connectivity index (χ2n) is 5.54. The number of nitrogens with zero attached hydrogens (tertiary/aromatic N) is 1. The maximum Gasteiger partial charge on any atom is 0.0223 e. The average Bonchev–Trinajstić information content (AvgIpc) is 2.77. The van der Waals surface area contributed by atoms with Gasteiger partial charge in [0, 0.05) is 11.9 Å². The van der Waals surface area contributed by atoms with Gasteiger partial charge in [-0.2, -0.15) is 0 Å². The zero-order chi connectivity index (χ0) is 11.2. The third-order valence-corrected chi connectivity index (χ3v) is 4.70. The number of rotatable bonds is 6.